The molecule has 180 valence electrons. The molecule has 0 amide bonds. The highest BCUT2D eigenvalue weighted by atomic mass is 16.7. The number of carbonyl (C=O) groups excluding carboxylic acids is 2. The molecule has 0 aromatic heterocycles. The maximum atomic E-state index is 13.3. The van der Waals surface area contributed by atoms with Crippen molar-refractivity contribution >= 4 is 17.6 Å². The van der Waals surface area contributed by atoms with Gasteiger partial charge < -0.3 is 14.2 Å². The maximum absolute atomic E-state index is 13.3. The van der Waals surface area contributed by atoms with Gasteiger partial charge in [-0.1, -0.05) is 60.7 Å². The standard InChI is InChI=1S/C28H27NO6/c1-32-22-16-14-19(15-17-22)23-27(18-28(27,25(30)33-2)26(31)34-3)24(20-10-6-4-7-11-20)35-29(23)21-12-8-5-9-13-21/h4-17,23-24H,18H2,1-3H3/t23-,24+,27-/m0/s1. The summed E-state index contributed by atoms with van der Waals surface area (Å²) >= 11 is 0. The van der Waals surface area contributed by atoms with E-state index < -0.39 is 34.9 Å². The molecule has 7 heteroatoms. The minimum Gasteiger partial charge on any atom is -0.497 e. The molecule has 1 aliphatic carbocycles. The van der Waals surface area contributed by atoms with E-state index in [0.717, 1.165) is 16.8 Å². The van der Waals surface area contributed by atoms with Gasteiger partial charge in [0.1, 0.15) is 11.9 Å². The number of nitrogens with zero attached hydrogens (tertiary/aromatic N) is 1. The van der Waals surface area contributed by atoms with Crippen molar-refractivity contribution in [2.75, 3.05) is 26.4 Å². The zero-order valence-electron chi connectivity index (χ0n) is 19.8. The third-order valence-corrected chi connectivity index (χ3v) is 7.25. The largest absolute Gasteiger partial charge is 0.497 e. The molecule has 0 radical (unpaired) electrons. The average Bonchev–Trinajstić information content (AvgIpc) is 3.50. The van der Waals surface area contributed by atoms with Gasteiger partial charge in [-0.3, -0.25) is 14.4 Å². The molecule has 1 aliphatic heterocycles. The Balaban J connectivity index is 1.76. The number of benzene rings is 3. The summed E-state index contributed by atoms with van der Waals surface area (Å²) in [6.45, 7) is 0. The third kappa shape index (κ3) is 3.30. The quantitative estimate of drug-likeness (QED) is 0.381. The van der Waals surface area contributed by atoms with Crippen LogP contribution >= 0.6 is 0 Å². The summed E-state index contributed by atoms with van der Waals surface area (Å²) in [6.07, 6.45) is -0.381. The van der Waals surface area contributed by atoms with Crippen molar-refractivity contribution in [3.05, 3.63) is 96.1 Å². The van der Waals surface area contributed by atoms with Crippen LogP contribution in [0.3, 0.4) is 0 Å². The molecule has 0 unspecified atom stereocenters. The number of rotatable bonds is 6. The van der Waals surface area contributed by atoms with Crippen LogP contribution in [-0.4, -0.2) is 33.3 Å². The van der Waals surface area contributed by atoms with Crippen molar-refractivity contribution in [2.45, 2.75) is 18.6 Å². The summed E-state index contributed by atoms with van der Waals surface area (Å²) < 4.78 is 15.8. The average molecular weight is 474 g/mol. The van der Waals surface area contributed by atoms with E-state index >= 15 is 0 Å². The van der Waals surface area contributed by atoms with Crippen LogP contribution in [0.1, 0.15) is 29.7 Å². The first kappa shape index (κ1) is 22.9. The lowest BCUT2D eigenvalue weighted by atomic mass is 9.76. The van der Waals surface area contributed by atoms with Gasteiger partial charge >= 0.3 is 11.9 Å². The lowest BCUT2D eigenvalue weighted by Crippen LogP contribution is -2.38. The molecule has 7 nitrogen and oxygen atoms in total. The SMILES string of the molecule is COC(=O)C1(C(=O)OC)C[C@]12[C@@H](c1ccccc1)ON(c1ccccc1)[C@H]2c1ccc(OC)cc1. The minimum absolute atomic E-state index is 0.221. The van der Waals surface area contributed by atoms with Gasteiger partial charge in [0.05, 0.1) is 38.5 Å². The monoisotopic (exact) mass is 473 g/mol. The second kappa shape index (κ2) is 8.74. The van der Waals surface area contributed by atoms with E-state index in [4.69, 9.17) is 19.0 Å². The Bertz CT molecular complexity index is 1200. The van der Waals surface area contributed by atoms with Crippen molar-refractivity contribution in [2.24, 2.45) is 10.8 Å². The van der Waals surface area contributed by atoms with Gasteiger partial charge in [0, 0.05) is 0 Å². The number of hydrogen-bond acceptors (Lipinski definition) is 7. The molecular formula is C28H27NO6. The van der Waals surface area contributed by atoms with Crippen LogP contribution in [0, 0.1) is 10.8 Å². The van der Waals surface area contributed by atoms with Gasteiger partial charge in [0.25, 0.3) is 0 Å². The van der Waals surface area contributed by atoms with Crippen LogP contribution in [0.4, 0.5) is 5.69 Å². The number of esters is 2. The summed E-state index contributed by atoms with van der Waals surface area (Å²) in [7, 11) is 4.20. The Morgan fingerprint density at radius 3 is 1.91 bits per heavy atom. The number of carbonyl (C=O) groups is 2. The molecule has 3 aromatic rings. The summed E-state index contributed by atoms with van der Waals surface area (Å²) in [5, 5.41) is 1.81. The molecule has 35 heavy (non-hydrogen) atoms. The summed E-state index contributed by atoms with van der Waals surface area (Å²) in [4.78, 5) is 33.3. The first-order chi connectivity index (χ1) is 17.0. The van der Waals surface area contributed by atoms with Crippen molar-refractivity contribution in [3.8, 4) is 5.75 Å². The molecule has 3 aromatic carbocycles. The molecule has 0 N–H and O–H groups in total. The second-order valence-corrected chi connectivity index (χ2v) is 8.84. The molecule has 1 heterocycles. The lowest BCUT2D eigenvalue weighted by Gasteiger charge is -2.30. The Labute approximate surface area is 204 Å². The Hall–Kier alpha value is -3.84. The van der Waals surface area contributed by atoms with E-state index in [0.29, 0.717) is 5.75 Å². The fourth-order valence-corrected chi connectivity index (χ4v) is 5.61. The highest BCUT2D eigenvalue weighted by molar-refractivity contribution is 6.05. The number of methoxy groups -OCH3 is 3. The number of hydroxylamine groups is 1. The van der Waals surface area contributed by atoms with Gasteiger partial charge in [-0.2, -0.15) is 0 Å². The first-order valence-corrected chi connectivity index (χ1v) is 11.4. The predicted octanol–water partition coefficient (Wildman–Crippen LogP) is 4.65. The zero-order valence-corrected chi connectivity index (χ0v) is 19.8. The summed E-state index contributed by atoms with van der Waals surface area (Å²) in [6, 6.07) is 26.4. The maximum Gasteiger partial charge on any atom is 0.324 e. The van der Waals surface area contributed by atoms with Gasteiger partial charge in [-0.05, 0) is 41.8 Å². The number of ether oxygens (including phenoxy) is 3. The van der Waals surface area contributed by atoms with E-state index in [-0.39, 0.29) is 6.42 Å². The topological polar surface area (TPSA) is 74.3 Å². The van der Waals surface area contributed by atoms with E-state index in [1.807, 2.05) is 90.0 Å². The van der Waals surface area contributed by atoms with Crippen LogP contribution in [-0.2, 0) is 23.9 Å². The molecule has 3 atom stereocenters. The van der Waals surface area contributed by atoms with E-state index in [1.54, 1.807) is 7.11 Å². The molecule has 1 saturated heterocycles. The molecular weight excluding hydrogens is 446 g/mol. The highest BCUT2D eigenvalue weighted by Crippen LogP contribution is 2.80. The van der Waals surface area contributed by atoms with E-state index in [1.165, 1.54) is 14.2 Å². The fourth-order valence-electron chi connectivity index (χ4n) is 5.61. The van der Waals surface area contributed by atoms with Crippen LogP contribution < -0.4 is 9.80 Å². The molecule has 2 aliphatic rings. The van der Waals surface area contributed by atoms with Gasteiger partial charge in [0.2, 0.25) is 0 Å². The van der Waals surface area contributed by atoms with Crippen molar-refractivity contribution < 1.29 is 28.6 Å². The second-order valence-electron chi connectivity index (χ2n) is 8.84. The molecule has 1 saturated carbocycles. The van der Waals surface area contributed by atoms with Crippen molar-refractivity contribution in [1.29, 1.82) is 0 Å². The molecule has 0 bridgehead atoms. The third-order valence-electron chi connectivity index (χ3n) is 7.25. The zero-order chi connectivity index (χ0) is 24.6. The van der Waals surface area contributed by atoms with Crippen LogP contribution in [0.5, 0.6) is 5.75 Å². The number of para-hydroxylation sites is 1. The van der Waals surface area contributed by atoms with Gasteiger partial charge in [0.15, 0.2) is 5.41 Å². The normalized spacial score (nSPS) is 24.1. The van der Waals surface area contributed by atoms with Crippen molar-refractivity contribution in [1.82, 2.24) is 0 Å². The summed E-state index contributed by atoms with van der Waals surface area (Å²) in [5.41, 5.74) is 0.0490. The smallest absolute Gasteiger partial charge is 0.324 e. The molecule has 1 spiro atoms. The van der Waals surface area contributed by atoms with Crippen molar-refractivity contribution in [3.63, 3.8) is 0 Å². The van der Waals surface area contributed by atoms with E-state index in [2.05, 4.69) is 0 Å². The van der Waals surface area contributed by atoms with Crippen LogP contribution in [0.25, 0.3) is 0 Å². The Morgan fingerprint density at radius 2 is 1.37 bits per heavy atom. The molecule has 5 rings (SSSR count). The number of anilines is 1. The van der Waals surface area contributed by atoms with Gasteiger partial charge in [-0.15, -0.1) is 0 Å². The summed E-state index contributed by atoms with van der Waals surface area (Å²) in [5.74, 6) is -0.541. The highest BCUT2D eigenvalue weighted by Gasteiger charge is 2.87. The van der Waals surface area contributed by atoms with E-state index in [9.17, 15) is 9.59 Å². The fraction of sp³-hybridized carbons (Fsp3) is 0.286. The van der Waals surface area contributed by atoms with Gasteiger partial charge in [-0.25, -0.2) is 5.06 Å². The van der Waals surface area contributed by atoms with Crippen LogP contribution in [0.2, 0.25) is 0 Å². The Kier molecular flexibility index (Phi) is 5.73. The van der Waals surface area contributed by atoms with Crippen LogP contribution in [0.15, 0.2) is 84.9 Å². The lowest BCUT2D eigenvalue weighted by molar-refractivity contribution is -0.164. The first-order valence-electron chi connectivity index (χ1n) is 11.4. The molecule has 2 fully saturated rings. The Morgan fingerprint density at radius 1 is 0.800 bits per heavy atom. The predicted molar refractivity (Wildman–Crippen MR) is 128 cm³/mol. The minimum atomic E-state index is -1.52. The number of hydrogen-bond donors (Lipinski definition) is 0.